The maximum Gasteiger partial charge on any atom is 0.125 e. The van der Waals surface area contributed by atoms with Gasteiger partial charge in [0.05, 0.1) is 12.7 Å². The molecule has 1 atom stereocenters. The van der Waals surface area contributed by atoms with E-state index in [-0.39, 0.29) is 0 Å². The summed E-state index contributed by atoms with van der Waals surface area (Å²) in [5, 5.41) is 11.8. The Bertz CT molecular complexity index is 489. The van der Waals surface area contributed by atoms with Crippen LogP contribution < -0.4 is 4.74 Å². The standard InChI is InChI=1S/C15H18O2S/c1-11-5-6-15(14(10-11)12(2)16)17-8-7-13-4-3-9-18-13/h3-6,9-10,12,16H,7-8H2,1-2H3/t12-/m1/s1. The van der Waals surface area contributed by atoms with E-state index in [4.69, 9.17) is 4.74 Å². The van der Waals surface area contributed by atoms with E-state index in [9.17, 15) is 5.11 Å². The predicted molar refractivity (Wildman–Crippen MR) is 75.3 cm³/mol. The Labute approximate surface area is 112 Å². The molecule has 0 spiro atoms. The molecule has 0 radical (unpaired) electrons. The predicted octanol–water partition coefficient (Wildman–Crippen LogP) is 3.73. The van der Waals surface area contributed by atoms with Gasteiger partial charge in [-0.05, 0) is 37.4 Å². The summed E-state index contributed by atoms with van der Waals surface area (Å²) in [6.07, 6.45) is 0.409. The average Bonchev–Trinajstić information content (AvgIpc) is 2.84. The van der Waals surface area contributed by atoms with Gasteiger partial charge in [0, 0.05) is 16.9 Å². The topological polar surface area (TPSA) is 29.5 Å². The van der Waals surface area contributed by atoms with Crippen LogP contribution >= 0.6 is 11.3 Å². The van der Waals surface area contributed by atoms with E-state index >= 15 is 0 Å². The highest BCUT2D eigenvalue weighted by atomic mass is 32.1. The summed E-state index contributed by atoms with van der Waals surface area (Å²) in [4.78, 5) is 1.32. The van der Waals surface area contributed by atoms with Crippen LogP contribution in [0.25, 0.3) is 0 Å². The molecule has 2 aromatic rings. The largest absolute Gasteiger partial charge is 0.493 e. The minimum atomic E-state index is -0.498. The fourth-order valence-electron chi connectivity index (χ4n) is 1.84. The van der Waals surface area contributed by atoms with Crippen molar-refractivity contribution in [2.24, 2.45) is 0 Å². The first kappa shape index (κ1) is 13.1. The molecule has 0 unspecified atom stereocenters. The Morgan fingerprint density at radius 2 is 2.17 bits per heavy atom. The van der Waals surface area contributed by atoms with Crippen molar-refractivity contribution in [3.05, 3.63) is 51.7 Å². The van der Waals surface area contributed by atoms with E-state index in [1.54, 1.807) is 18.3 Å². The van der Waals surface area contributed by atoms with Gasteiger partial charge in [0.15, 0.2) is 0 Å². The number of hydrogen-bond donors (Lipinski definition) is 1. The van der Waals surface area contributed by atoms with Crippen molar-refractivity contribution < 1.29 is 9.84 Å². The molecule has 0 saturated carbocycles. The second-order valence-corrected chi connectivity index (χ2v) is 5.43. The summed E-state index contributed by atoms with van der Waals surface area (Å²) in [5.41, 5.74) is 2.00. The third-order valence-corrected chi connectivity index (χ3v) is 3.74. The molecule has 0 aliphatic rings. The molecule has 0 amide bonds. The van der Waals surface area contributed by atoms with Gasteiger partial charge in [-0.2, -0.15) is 0 Å². The lowest BCUT2D eigenvalue weighted by Crippen LogP contribution is -2.04. The zero-order chi connectivity index (χ0) is 13.0. The quantitative estimate of drug-likeness (QED) is 0.889. The van der Waals surface area contributed by atoms with Crippen LogP contribution in [0.2, 0.25) is 0 Å². The number of aliphatic hydroxyl groups is 1. The van der Waals surface area contributed by atoms with Gasteiger partial charge in [0.1, 0.15) is 5.75 Å². The molecule has 1 aromatic heterocycles. The molecule has 96 valence electrons. The highest BCUT2D eigenvalue weighted by Crippen LogP contribution is 2.26. The van der Waals surface area contributed by atoms with Gasteiger partial charge in [-0.25, -0.2) is 0 Å². The van der Waals surface area contributed by atoms with Crippen LogP contribution in [0.3, 0.4) is 0 Å². The summed E-state index contributed by atoms with van der Waals surface area (Å²) >= 11 is 1.74. The highest BCUT2D eigenvalue weighted by Gasteiger charge is 2.09. The lowest BCUT2D eigenvalue weighted by atomic mass is 10.1. The van der Waals surface area contributed by atoms with Crippen molar-refractivity contribution in [3.8, 4) is 5.75 Å². The molecule has 0 bridgehead atoms. The molecular formula is C15H18O2S. The molecule has 0 fully saturated rings. The highest BCUT2D eigenvalue weighted by molar-refractivity contribution is 7.09. The number of ether oxygens (including phenoxy) is 1. The lowest BCUT2D eigenvalue weighted by Gasteiger charge is -2.14. The number of hydrogen-bond acceptors (Lipinski definition) is 3. The van der Waals surface area contributed by atoms with Crippen molar-refractivity contribution in [3.63, 3.8) is 0 Å². The second kappa shape index (κ2) is 6.03. The summed E-state index contributed by atoms with van der Waals surface area (Å²) < 4.78 is 5.77. The Balaban J connectivity index is 2.00. The zero-order valence-electron chi connectivity index (χ0n) is 10.7. The molecule has 0 saturated heterocycles. The van der Waals surface area contributed by atoms with Crippen LogP contribution in [-0.2, 0) is 6.42 Å². The number of benzene rings is 1. The van der Waals surface area contributed by atoms with Gasteiger partial charge in [0.25, 0.3) is 0 Å². The van der Waals surface area contributed by atoms with Crippen molar-refractivity contribution in [2.75, 3.05) is 6.61 Å². The van der Waals surface area contributed by atoms with Crippen LogP contribution in [0.15, 0.2) is 35.7 Å². The summed E-state index contributed by atoms with van der Waals surface area (Å²) in [6.45, 7) is 4.42. The first-order chi connectivity index (χ1) is 8.66. The van der Waals surface area contributed by atoms with E-state index in [0.29, 0.717) is 6.61 Å². The summed E-state index contributed by atoms with van der Waals surface area (Å²) in [5.74, 6) is 0.784. The van der Waals surface area contributed by atoms with Gasteiger partial charge >= 0.3 is 0 Å². The van der Waals surface area contributed by atoms with Gasteiger partial charge in [-0.1, -0.05) is 17.7 Å². The Morgan fingerprint density at radius 1 is 1.33 bits per heavy atom. The molecular weight excluding hydrogens is 244 g/mol. The third kappa shape index (κ3) is 3.34. The van der Waals surface area contributed by atoms with Crippen molar-refractivity contribution in [1.82, 2.24) is 0 Å². The summed E-state index contributed by atoms with van der Waals surface area (Å²) in [7, 11) is 0. The minimum absolute atomic E-state index is 0.498. The Hall–Kier alpha value is -1.32. The molecule has 3 heteroatoms. The van der Waals surface area contributed by atoms with Gasteiger partial charge in [0.2, 0.25) is 0 Å². The first-order valence-electron chi connectivity index (χ1n) is 6.10. The van der Waals surface area contributed by atoms with E-state index in [1.165, 1.54) is 4.88 Å². The van der Waals surface area contributed by atoms with Crippen LogP contribution in [0.1, 0.15) is 29.0 Å². The van der Waals surface area contributed by atoms with Crippen molar-refractivity contribution in [1.29, 1.82) is 0 Å². The fourth-order valence-corrected chi connectivity index (χ4v) is 2.53. The van der Waals surface area contributed by atoms with Crippen molar-refractivity contribution >= 4 is 11.3 Å². The van der Waals surface area contributed by atoms with Crippen molar-refractivity contribution in [2.45, 2.75) is 26.4 Å². The van der Waals surface area contributed by atoms with Crippen LogP contribution in [0, 0.1) is 6.92 Å². The van der Waals surface area contributed by atoms with E-state index in [2.05, 4.69) is 11.4 Å². The maximum atomic E-state index is 9.73. The Morgan fingerprint density at radius 3 is 2.83 bits per heavy atom. The summed E-state index contributed by atoms with van der Waals surface area (Å²) in [6, 6.07) is 10.1. The SMILES string of the molecule is Cc1ccc(OCCc2cccs2)c([C@@H](C)O)c1. The smallest absolute Gasteiger partial charge is 0.125 e. The minimum Gasteiger partial charge on any atom is -0.493 e. The van der Waals surface area contributed by atoms with Gasteiger partial charge in [-0.3, -0.25) is 0 Å². The molecule has 1 heterocycles. The van der Waals surface area contributed by atoms with E-state index in [1.807, 2.05) is 31.2 Å². The maximum absolute atomic E-state index is 9.73. The zero-order valence-corrected chi connectivity index (χ0v) is 11.5. The first-order valence-corrected chi connectivity index (χ1v) is 6.98. The number of aryl methyl sites for hydroxylation is 1. The molecule has 1 N–H and O–H groups in total. The molecule has 0 aliphatic carbocycles. The third-order valence-electron chi connectivity index (χ3n) is 2.80. The number of rotatable bonds is 5. The normalized spacial score (nSPS) is 12.4. The van der Waals surface area contributed by atoms with Crippen LogP contribution in [0.5, 0.6) is 5.75 Å². The van der Waals surface area contributed by atoms with Crippen LogP contribution in [0.4, 0.5) is 0 Å². The van der Waals surface area contributed by atoms with E-state index < -0.39 is 6.10 Å². The number of aliphatic hydroxyl groups excluding tert-OH is 1. The monoisotopic (exact) mass is 262 g/mol. The molecule has 2 nitrogen and oxygen atoms in total. The van der Waals surface area contributed by atoms with E-state index in [0.717, 1.165) is 23.3 Å². The van der Waals surface area contributed by atoms with Gasteiger partial charge < -0.3 is 9.84 Å². The van der Waals surface area contributed by atoms with Gasteiger partial charge in [-0.15, -0.1) is 11.3 Å². The second-order valence-electron chi connectivity index (χ2n) is 4.40. The fraction of sp³-hybridized carbons (Fsp3) is 0.333. The molecule has 1 aromatic carbocycles. The molecule has 18 heavy (non-hydrogen) atoms. The number of thiophene rings is 1. The lowest BCUT2D eigenvalue weighted by molar-refractivity contribution is 0.191. The molecule has 0 aliphatic heterocycles. The molecule has 2 rings (SSSR count). The Kier molecular flexibility index (Phi) is 4.39. The average molecular weight is 262 g/mol. The van der Waals surface area contributed by atoms with Crippen LogP contribution in [-0.4, -0.2) is 11.7 Å².